The predicted octanol–water partition coefficient (Wildman–Crippen LogP) is 4.55. The maximum atomic E-state index is 12.9. The molecular formula is C23H30N2O4. The van der Waals surface area contributed by atoms with Gasteiger partial charge in [-0.15, -0.1) is 0 Å². The first-order valence-electron chi connectivity index (χ1n) is 9.73. The molecule has 0 saturated carbocycles. The molecule has 2 aromatic rings. The van der Waals surface area contributed by atoms with Crippen LogP contribution in [0.25, 0.3) is 0 Å². The topological polar surface area (TPSA) is 76.7 Å². The lowest BCUT2D eigenvalue weighted by atomic mass is 10.1. The van der Waals surface area contributed by atoms with Crippen molar-refractivity contribution in [2.24, 2.45) is 0 Å². The molecule has 0 heterocycles. The minimum Gasteiger partial charge on any atom is -0.491 e. The lowest BCUT2D eigenvalue weighted by Gasteiger charge is -2.23. The Kier molecular flexibility index (Phi) is 7.65. The summed E-state index contributed by atoms with van der Waals surface area (Å²) in [7, 11) is 0. The molecular weight excluding hydrogens is 368 g/mol. The van der Waals surface area contributed by atoms with E-state index in [0.29, 0.717) is 12.1 Å². The van der Waals surface area contributed by atoms with Crippen molar-refractivity contribution < 1.29 is 19.1 Å². The summed E-state index contributed by atoms with van der Waals surface area (Å²) in [6.07, 6.45) is -0.210. The lowest BCUT2D eigenvalue weighted by molar-refractivity contribution is -0.118. The van der Waals surface area contributed by atoms with Gasteiger partial charge in [-0.05, 0) is 64.4 Å². The molecule has 1 atom stereocenters. The van der Waals surface area contributed by atoms with Crippen molar-refractivity contribution in [2.45, 2.75) is 58.8 Å². The number of carbonyl (C=O) groups is 2. The van der Waals surface area contributed by atoms with Crippen LogP contribution in [-0.4, -0.2) is 29.7 Å². The number of alkyl carbamates (subject to hydrolysis) is 1. The van der Waals surface area contributed by atoms with Crippen molar-refractivity contribution in [2.75, 3.05) is 5.32 Å². The van der Waals surface area contributed by atoms with Gasteiger partial charge in [0.2, 0.25) is 5.91 Å². The number of carbonyl (C=O) groups excluding carboxylic acids is 2. The Balaban J connectivity index is 2.09. The fourth-order valence-electron chi connectivity index (χ4n) is 2.63. The second-order valence-corrected chi connectivity index (χ2v) is 8.07. The Labute approximate surface area is 172 Å². The normalized spacial score (nSPS) is 12.2. The smallest absolute Gasteiger partial charge is 0.408 e. The number of rotatable bonds is 7. The molecule has 156 valence electrons. The first-order valence-corrected chi connectivity index (χ1v) is 9.73. The SMILES string of the molecule is CC(C)Oc1ccc(NC(=O)[C@H](Cc2ccccc2)NC(=O)OC(C)(C)C)cc1. The van der Waals surface area contributed by atoms with Gasteiger partial charge in [-0.25, -0.2) is 4.79 Å². The maximum Gasteiger partial charge on any atom is 0.408 e. The van der Waals surface area contributed by atoms with Crippen molar-refractivity contribution >= 4 is 17.7 Å². The van der Waals surface area contributed by atoms with E-state index in [0.717, 1.165) is 11.3 Å². The molecule has 0 aromatic heterocycles. The fraction of sp³-hybridized carbons (Fsp3) is 0.391. The number of hydrogen-bond donors (Lipinski definition) is 2. The molecule has 6 heteroatoms. The van der Waals surface area contributed by atoms with Crippen LogP contribution >= 0.6 is 0 Å². The monoisotopic (exact) mass is 398 g/mol. The molecule has 2 rings (SSSR count). The van der Waals surface area contributed by atoms with Crippen molar-refractivity contribution in [1.82, 2.24) is 5.32 Å². The molecule has 0 unspecified atom stereocenters. The molecule has 0 spiro atoms. The third kappa shape index (κ3) is 8.25. The van der Waals surface area contributed by atoms with Crippen LogP contribution in [-0.2, 0) is 16.0 Å². The molecule has 29 heavy (non-hydrogen) atoms. The van der Waals surface area contributed by atoms with Crippen LogP contribution in [0.15, 0.2) is 54.6 Å². The van der Waals surface area contributed by atoms with Crippen molar-refractivity contribution in [3.05, 3.63) is 60.2 Å². The third-order valence-corrected chi connectivity index (χ3v) is 3.78. The zero-order valence-corrected chi connectivity index (χ0v) is 17.7. The average Bonchev–Trinajstić information content (AvgIpc) is 2.61. The van der Waals surface area contributed by atoms with Crippen LogP contribution < -0.4 is 15.4 Å². The molecule has 0 aliphatic carbocycles. The van der Waals surface area contributed by atoms with E-state index in [9.17, 15) is 9.59 Å². The minimum absolute atomic E-state index is 0.0729. The Hall–Kier alpha value is -3.02. The van der Waals surface area contributed by atoms with E-state index in [2.05, 4.69) is 10.6 Å². The summed E-state index contributed by atoms with van der Waals surface area (Å²) < 4.78 is 10.9. The van der Waals surface area contributed by atoms with E-state index in [-0.39, 0.29) is 12.0 Å². The standard InChI is InChI=1S/C23H30N2O4/c1-16(2)28-19-13-11-18(12-14-19)24-21(26)20(15-17-9-7-6-8-10-17)25-22(27)29-23(3,4)5/h6-14,16,20H,15H2,1-5H3,(H,24,26)(H,25,27)/t20-/m0/s1. The molecule has 0 radical (unpaired) electrons. The summed E-state index contributed by atoms with van der Waals surface area (Å²) in [6, 6.07) is 15.9. The van der Waals surface area contributed by atoms with Crippen molar-refractivity contribution in [3.63, 3.8) is 0 Å². The highest BCUT2D eigenvalue weighted by Gasteiger charge is 2.25. The van der Waals surface area contributed by atoms with Gasteiger partial charge in [-0.3, -0.25) is 4.79 Å². The van der Waals surface area contributed by atoms with E-state index < -0.39 is 17.7 Å². The van der Waals surface area contributed by atoms with Gasteiger partial charge in [0.25, 0.3) is 0 Å². The van der Waals surface area contributed by atoms with Crippen molar-refractivity contribution in [3.8, 4) is 5.75 Å². The molecule has 0 aliphatic rings. The highest BCUT2D eigenvalue weighted by atomic mass is 16.6. The Morgan fingerprint density at radius 1 is 0.966 bits per heavy atom. The molecule has 2 aromatic carbocycles. The van der Waals surface area contributed by atoms with Crippen LogP contribution in [0, 0.1) is 0 Å². The van der Waals surface area contributed by atoms with Crippen LogP contribution in [0.1, 0.15) is 40.2 Å². The van der Waals surface area contributed by atoms with Gasteiger partial charge in [0.05, 0.1) is 6.10 Å². The van der Waals surface area contributed by atoms with Gasteiger partial charge in [-0.2, -0.15) is 0 Å². The number of ether oxygens (including phenoxy) is 2. The van der Waals surface area contributed by atoms with Crippen LogP contribution in [0.4, 0.5) is 10.5 Å². The lowest BCUT2D eigenvalue weighted by Crippen LogP contribution is -2.47. The highest BCUT2D eigenvalue weighted by molar-refractivity contribution is 5.96. The molecule has 0 aliphatic heterocycles. The van der Waals surface area contributed by atoms with Crippen LogP contribution in [0.2, 0.25) is 0 Å². The van der Waals surface area contributed by atoms with E-state index in [4.69, 9.17) is 9.47 Å². The molecule has 0 fully saturated rings. The summed E-state index contributed by atoms with van der Waals surface area (Å²) in [4.78, 5) is 25.1. The molecule has 0 saturated heterocycles. The van der Waals surface area contributed by atoms with E-state index >= 15 is 0 Å². The summed E-state index contributed by atoms with van der Waals surface area (Å²) >= 11 is 0. The molecule has 2 amide bonds. The maximum absolute atomic E-state index is 12.9. The third-order valence-electron chi connectivity index (χ3n) is 3.78. The minimum atomic E-state index is -0.779. The fourth-order valence-corrected chi connectivity index (χ4v) is 2.63. The van der Waals surface area contributed by atoms with Gasteiger partial charge in [0.1, 0.15) is 17.4 Å². The predicted molar refractivity (Wildman–Crippen MR) is 114 cm³/mol. The quantitative estimate of drug-likeness (QED) is 0.717. The van der Waals surface area contributed by atoms with Gasteiger partial charge < -0.3 is 20.1 Å². The second kappa shape index (κ2) is 9.96. The highest BCUT2D eigenvalue weighted by Crippen LogP contribution is 2.17. The summed E-state index contributed by atoms with van der Waals surface area (Å²) in [6.45, 7) is 9.23. The van der Waals surface area contributed by atoms with Crippen LogP contribution in [0.3, 0.4) is 0 Å². The van der Waals surface area contributed by atoms with Crippen molar-refractivity contribution in [1.29, 1.82) is 0 Å². The molecule has 2 N–H and O–H groups in total. The summed E-state index contributed by atoms with van der Waals surface area (Å²) in [5, 5.41) is 5.53. The van der Waals surface area contributed by atoms with Gasteiger partial charge in [-0.1, -0.05) is 30.3 Å². The van der Waals surface area contributed by atoms with E-state index in [1.807, 2.05) is 44.2 Å². The van der Waals surface area contributed by atoms with Gasteiger partial charge in [0, 0.05) is 12.1 Å². The van der Waals surface area contributed by atoms with Gasteiger partial charge >= 0.3 is 6.09 Å². The largest absolute Gasteiger partial charge is 0.491 e. The van der Waals surface area contributed by atoms with Gasteiger partial charge in [0.15, 0.2) is 0 Å². The summed E-state index contributed by atoms with van der Waals surface area (Å²) in [5.41, 5.74) is 0.906. The zero-order chi connectivity index (χ0) is 21.4. The molecule has 6 nitrogen and oxygen atoms in total. The second-order valence-electron chi connectivity index (χ2n) is 8.07. The molecule has 0 bridgehead atoms. The number of hydrogen-bond acceptors (Lipinski definition) is 4. The first-order chi connectivity index (χ1) is 13.6. The average molecular weight is 399 g/mol. The number of anilines is 1. The Morgan fingerprint density at radius 3 is 2.14 bits per heavy atom. The first kappa shape index (κ1) is 22.3. The van der Waals surface area contributed by atoms with Crippen LogP contribution in [0.5, 0.6) is 5.75 Å². The Bertz CT molecular complexity index is 796. The van der Waals surface area contributed by atoms with E-state index in [1.54, 1.807) is 45.0 Å². The summed E-state index contributed by atoms with van der Waals surface area (Å²) in [5.74, 6) is 0.406. The zero-order valence-electron chi connectivity index (χ0n) is 17.7. The number of nitrogens with one attached hydrogen (secondary N) is 2. The Morgan fingerprint density at radius 2 is 1.59 bits per heavy atom. The van der Waals surface area contributed by atoms with E-state index in [1.165, 1.54) is 0 Å². The number of amides is 2. The number of benzene rings is 2.